The minimum Gasteiger partial charge on any atom is -0.489 e. The van der Waals surface area contributed by atoms with Crippen LogP contribution >= 0.6 is 0 Å². The number of fused-ring (bicyclic) bond motifs is 1. The number of para-hydroxylation sites is 1. The summed E-state index contributed by atoms with van der Waals surface area (Å²) in [7, 11) is 0. The van der Waals surface area contributed by atoms with Gasteiger partial charge in [-0.3, -0.25) is 0 Å². The maximum atomic E-state index is 5.98. The molecule has 2 rings (SSSR count). The van der Waals surface area contributed by atoms with Gasteiger partial charge < -0.3 is 4.74 Å². The molecule has 0 saturated heterocycles. The lowest BCUT2D eigenvalue weighted by molar-refractivity contribution is 0.0910. The fraction of sp³-hybridized carbons (Fsp3) is 0.538. The van der Waals surface area contributed by atoms with E-state index in [0.29, 0.717) is 12.0 Å². The summed E-state index contributed by atoms with van der Waals surface area (Å²) >= 11 is 0. The first kappa shape index (κ1) is 9.57. The lowest BCUT2D eigenvalue weighted by Crippen LogP contribution is -2.32. The van der Waals surface area contributed by atoms with Crippen LogP contribution in [0, 0.1) is 5.41 Å². The van der Waals surface area contributed by atoms with Crippen LogP contribution in [-0.2, 0) is 0 Å². The van der Waals surface area contributed by atoms with Crippen LogP contribution in [0.3, 0.4) is 0 Å². The van der Waals surface area contributed by atoms with Gasteiger partial charge in [0.15, 0.2) is 0 Å². The molecule has 76 valence electrons. The van der Waals surface area contributed by atoms with Crippen molar-refractivity contribution in [2.75, 3.05) is 0 Å². The average Bonchev–Trinajstić information content (AvgIpc) is 2.44. The first-order valence-electron chi connectivity index (χ1n) is 5.26. The summed E-state index contributed by atoms with van der Waals surface area (Å²) in [5.41, 5.74) is 1.56. The zero-order valence-corrected chi connectivity index (χ0v) is 9.37. The smallest absolute Gasteiger partial charge is 0.123 e. The fourth-order valence-electron chi connectivity index (χ4n) is 2.29. The topological polar surface area (TPSA) is 9.23 Å². The number of hydrogen-bond acceptors (Lipinski definition) is 1. The highest BCUT2D eigenvalue weighted by atomic mass is 16.5. The lowest BCUT2D eigenvalue weighted by Gasteiger charge is -2.29. The molecule has 0 N–H and O–H groups in total. The molecule has 0 spiro atoms. The molecule has 2 unspecified atom stereocenters. The largest absolute Gasteiger partial charge is 0.489 e. The second kappa shape index (κ2) is 3.01. The summed E-state index contributed by atoms with van der Waals surface area (Å²) in [6.07, 6.45) is 0.305. The van der Waals surface area contributed by atoms with Crippen molar-refractivity contribution < 1.29 is 4.74 Å². The maximum Gasteiger partial charge on any atom is 0.123 e. The predicted octanol–water partition coefficient (Wildman–Crippen LogP) is 3.60. The summed E-state index contributed by atoms with van der Waals surface area (Å²) in [4.78, 5) is 0. The summed E-state index contributed by atoms with van der Waals surface area (Å²) in [5.74, 6) is 1.58. The van der Waals surface area contributed by atoms with Crippen molar-refractivity contribution in [3.8, 4) is 5.75 Å². The third kappa shape index (κ3) is 1.41. The van der Waals surface area contributed by atoms with Crippen molar-refractivity contribution in [2.24, 2.45) is 5.41 Å². The van der Waals surface area contributed by atoms with E-state index in [1.165, 1.54) is 5.56 Å². The second-order valence-corrected chi connectivity index (χ2v) is 5.23. The molecule has 0 aromatic heterocycles. The first-order chi connectivity index (χ1) is 6.50. The van der Waals surface area contributed by atoms with Crippen LogP contribution in [0.4, 0.5) is 0 Å². The maximum absolute atomic E-state index is 5.98. The summed E-state index contributed by atoms with van der Waals surface area (Å²) in [5, 5.41) is 0. The summed E-state index contributed by atoms with van der Waals surface area (Å²) < 4.78 is 5.98. The Hall–Kier alpha value is -0.980. The Morgan fingerprint density at radius 1 is 1.14 bits per heavy atom. The van der Waals surface area contributed by atoms with Gasteiger partial charge in [0.2, 0.25) is 0 Å². The Morgan fingerprint density at radius 2 is 1.79 bits per heavy atom. The van der Waals surface area contributed by atoms with E-state index in [1.54, 1.807) is 0 Å². The van der Waals surface area contributed by atoms with E-state index < -0.39 is 0 Å². The van der Waals surface area contributed by atoms with Gasteiger partial charge in [-0.25, -0.2) is 0 Å². The van der Waals surface area contributed by atoms with Gasteiger partial charge in [-0.05, 0) is 11.5 Å². The summed E-state index contributed by atoms with van der Waals surface area (Å²) in [6, 6.07) is 8.36. The first-order valence-corrected chi connectivity index (χ1v) is 5.26. The van der Waals surface area contributed by atoms with E-state index in [-0.39, 0.29) is 5.41 Å². The van der Waals surface area contributed by atoms with Crippen LogP contribution in [0.1, 0.15) is 39.2 Å². The predicted molar refractivity (Wildman–Crippen MR) is 58.7 cm³/mol. The second-order valence-electron chi connectivity index (χ2n) is 5.23. The molecule has 0 saturated carbocycles. The third-order valence-electron chi connectivity index (χ3n) is 2.97. The fourth-order valence-corrected chi connectivity index (χ4v) is 2.29. The van der Waals surface area contributed by atoms with Gasteiger partial charge >= 0.3 is 0 Å². The van der Waals surface area contributed by atoms with E-state index in [2.05, 4.69) is 45.9 Å². The van der Waals surface area contributed by atoms with Crippen molar-refractivity contribution in [3.05, 3.63) is 29.8 Å². The van der Waals surface area contributed by atoms with Gasteiger partial charge in [0.25, 0.3) is 0 Å². The van der Waals surface area contributed by atoms with Crippen LogP contribution in [0.2, 0.25) is 0 Å². The van der Waals surface area contributed by atoms with Crippen molar-refractivity contribution in [1.82, 2.24) is 0 Å². The average molecular weight is 190 g/mol. The highest BCUT2D eigenvalue weighted by Gasteiger charge is 2.38. The molecule has 1 heterocycles. The monoisotopic (exact) mass is 190 g/mol. The number of rotatable bonds is 0. The highest BCUT2D eigenvalue weighted by molar-refractivity contribution is 5.40. The van der Waals surface area contributed by atoms with E-state index in [9.17, 15) is 0 Å². The molecule has 0 aliphatic carbocycles. The molecule has 1 aromatic rings. The quantitative estimate of drug-likeness (QED) is 0.607. The SMILES string of the molecule is CC1c2ccccc2OC1C(C)(C)C. The van der Waals surface area contributed by atoms with Crippen LogP contribution < -0.4 is 4.74 Å². The molecule has 2 atom stereocenters. The van der Waals surface area contributed by atoms with Gasteiger partial charge in [-0.15, -0.1) is 0 Å². The lowest BCUT2D eigenvalue weighted by atomic mass is 9.81. The van der Waals surface area contributed by atoms with E-state index >= 15 is 0 Å². The number of ether oxygens (including phenoxy) is 1. The molecule has 0 radical (unpaired) electrons. The standard InChI is InChI=1S/C13H18O/c1-9-10-7-5-6-8-11(10)14-12(9)13(2,3)4/h5-9,12H,1-4H3. The molecule has 0 fully saturated rings. The molecule has 14 heavy (non-hydrogen) atoms. The minimum atomic E-state index is 0.207. The Kier molecular flexibility index (Phi) is 2.06. The van der Waals surface area contributed by atoms with Gasteiger partial charge in [-0.1, -0.05) is 45.9 Å². The Balaban J connectivity index is 2.35. The molecule has 1 aliphatic rings. The molecular weight excluding hydrogens is 172 g/mol. The Morgan fingerprint density at radius 3 is 2.36 bits per heavy atom. The Labute approximate surface area is 86.1 Å². The number of benzene rings is 1. The third-order valence-corrected chi connectivity index (χ3v) is 2.97. The number of hydrogen-bond donors (Lipinski definition) is 0. The normalized spacial score (nSPS) is 25.7. The zero-order chi connectivity index (χ0) is 10.3. The van der Waals surface area contributed by atoms with Crippen LogP contribution in [-0.4, -0.2) is 6.10 Å². The van der Waals surface area contributed by atoms with Crippen molar-refractivity contribution in [1.29, 1.82) is 0 Å². The zero-order valence-electron chi connectivity index (χ0n) is 9.37. The molecule has 1 aromatic carbocycles. The van der Waals surface area contributed by atoms with Crippen LogP contribution in [0.15, 0.2) is 24.3 Å². The van der Waals surface area contributed by atoms with Gasteiger partial charge in [0, 0.05) is 11.5 Å². The van der Waals surface area contributed by atoms with Crippen molar-refractivity contribution >= 4 is 0 Å². The van der Waals surface area contributed by atoms with Crippen molar-refractivity contribution in [3.63, 3.8) is 0 Å². The van der Waals surface area contributed by atoms with Gasteiger partial charge in [-0.2, -0.15) is 0 Å². The molecular formula is C13H18O. The van der Waals surface area contributed by atoms with Crippen LogP contribution in [0.5, 0.6) is 5.75 Å². The highest BCUT2D eigenvalue weighted by Crippen LogP contribution is 2.44. The van der Waals surface area contributed by atoms with E-state index in [4.69, 9.17) is 4.74 Å². The van der Waals surface area contributed by atoms with Gasteiger partial charge in [0.05, 0.1) is 0 Å². The van der Waals surface area contributed by atoms with Gasteiger partial charge in [0.1, 0.15) is 11.9 Å². The molecule has 1 nitrogen and oxygen atoms in total. The molecule has 1 aliphatic heterocycles. The summed E-state index contributed by atoms with van der Waals surface area (Å²) in [6.45, 7) is 8.96. The van der Waals surface area contributed by atoms with Crippen LogP contribution in [0.25, 0.3) is 0 Å². The molecule has 0 bridgehead atoms. The minimum absolute atomic E-state index is 0.207. The molecule has 0 amide bonds. The van der Waals surface area contributed by atoms with E-state index in [1.807, 2.05) is 6.07 Å². The Bertz CT molecular complexity index is 335. The van der Waals surface area contributed by atoms with E-state index in [0.717, 1.165) is 5.75 Å². The molecule has 1 heteroatoms. The van der Waals surface area contributed by atoms with Crippen molar-refractivity contribution in [2.45, 2.75) is 39.7 Å².